The second-order valence-electron chi connectivity index (χ2n) is 4.85. The van der Waals surface area contributed by atoms with Crippen molar-refractivity contribution < 1.29 is 19.2 Å². The minimum Gasteiger partial charge on any atom is -0.490 e. The summed E-state index contributed by atoms with van der Waals surface area (Å²) in [7, 11) is 1.32. The zero-order chi connectivity index (χ0) is 19.1. The standard InChI is InChI=1S/C16H13BrN4O5/c1-26-14-6-5-10(7-13(14)21(24)25)9-18-20-16(23)15(22)19-12-4-2-3-11(17)8-12/h2-9H,1H3,(H,19,22)(H,20,23)/b18-9-. The van der Waals surface area contributed by atoms with Crippen molar-refractivity contribution in [2.75, 3.05) is 12.4 Å². The van der Waals surface area contributed by atoms with Gasteiger partial charge in [-0.05, 0) is 30.3 Å². The molecular weight excluding hydrogens is 408 g/mol. The molecule has 0 spiro atoms. The highest BCUT2D eigenvalue weighted by Crippen LogP contribution is 2.26. The molecule has 0 heterocycles. The lowest BCUT2D eigenvalue weighted by atomic mass is 10.2. The van der Waals surface area contributed by atoms with Gasteiger partial charge < -0.3 is 10.1 Å². The van der Waals surface area contributed by atoms with E-state index in [-0.39, 0.29) is 11.4 Å². The quantitative estimate of drug-likeness (QED) is 0.332. The van der Waals surface area contributed by atoms with E-state index in [0.717, 1.165) is 4.47 Å². The van der Waals surface area contributed by atoms with Crippen LogP contribution >= 0.6 is 15.9 Å². The predicted molar refractivity (Wildman–Crippen MR) is 98.2 cm³/mol. The van der Waals surface area contributed by atoms with Gasteiger partial charge in [0.15, 0.2) is 5.75 Å². The van der Waals surface area contributed by atoms with Gasteiger partial charge in [-0.2, -0.15) is 5.10 Å². The van der Waals surface area contributed by atoms with Crippen LogP contribution in [0.5, 0.6) is 5.75 Å². The molecule has 10 heteroatoms. The van der Waals surface area contributed by atoms with Crippen LogP contribution in [0.15, 0.2) is 52.0 Å². The van der Waals surface area contributed by atoms with Crippen LogP contribution in [0.4, 0.5) is 11.4 Å². The van der Waals surface area contributed by atoms with E-state index in [2.05, 4.69) is 26.3 Å². The monoisotopic (exact) mass is 420 g/mol. The van der Waals surface area contributed by atoms with E-state index >= 15 is 0 Å². The zero-order valence-corrected chi connectivity index (χ0v) is 15.0. The topological polar surface area (TPSA) is 123 Å². The summed E-state index contributed by atoms with van der Waals surface area (Å²) in [6, 6.07) is 10.9. The molecule has 0 fully saturated rings. The predicted octanol–water partition coefficient (Wildman–Crippen LogP) is 2.45. The van der Waals surface area contributed by atoms with E-state index in [4.69, 9.17) is 4.74 Å². The van der Waals surface area contributed by atoms with Crippen LogP contribution in [0, 0.1) is 10.1 Å². The summed E-state index contributed by atoms with van der Waals surface area (Å²) < 4.78 is 5.63. The number of hydrazone groups is 1. The normalized spacial score (nSPS) is 10.4. The Morgan fingerprint density at radius 3 is 2.65 bits per heavy atom. The molecule has 0 bridgehead atoms. The van der Waals surface area contributed by atoms with Gasteiger partial charge in [-0.1, -0.05) is 22.0 Å². The summed E-state index contributed by atoms with van der Waals surface area (Å²) in [5, 5.41) is 17.0. The number of anilines is 1. The first-order valence-corrected chi connectivity index (χ1v) is 7.92. The molecule has 0 saturated heterocycles. The lowest BCUT2D eigenvalue weighted by Gasteiger charge is -2.04. The lowest BCUT2D eigenvalue weighted by molar-refractivity contribution is -0.385. The summed E-state index contributed by atoms with van der Waals surface area (Å²) >= 11 is 3.25. The van der Waals surface area contributed by atoms with E-state index < -0.39 is 16.7 Å². The van der Waals surface area contributed by atoms with Crippen molar-refractivity contribution in [1.82, 2.24) is 5.43 Å². The first-order chi connectivity index (χ1) is 12.4. The number of hydrogen-bond acceptors (Lipinski definition) is 6. The highest BCUT2D eigenvalue weighted by Gasteiger charge is 2.15. The van der Waals surface area contributed by atoms with Crippen molar-refractivity contribution in [3.8, 4) is 5.75 Å². The molecule has 0 unspecified atom stereocenters. The Labute approximate surface area is 156 Å². The Morgan fingerprint density at radius 2 is 2.00 bits per heavy atom. The summed E-state index contributed by atoms with van der Waals surface area (Å²) in [4.78, 5) is 33.9. The van der Waals surface area contributed by atoms with Gasteiger partial charge in [0, 0.05) is 21.8 Å². The molecule has 0 saturated carbocycles. The van der Waals surface area contributed by atoms with Crippen LogP contribution in [0.2, 0.25) is 0 Å². The van der Waals surface area contributed by atoms with Crippen molar-refractivity contribution in [3.05, 3.63) is 62.6 Å². The molecule has 0 atom stereocenters. The van der Waals surface area contributed by atoms with E-state index in [1.54, 1.807) is 24.3 Å². The highest BCUT2D eigenvalue weighted by atomic mass is 79.9. The summed E-state index contributed by atoms with van der Waals surface area (Å²) in [5.41, 5.74) is 2.60. The van der Waals surface area contributed by atoms with Crippen LogP contribution in [0.1, 0.15) is 5.56 Å². The fourth-order valence-electron chi connectivity index (χ4n) is 1.90. The third kappa shape index (κ3) is 5.11. The average molecular weight is 421 g/mol. The summed E-state index contributed by atoms with van der Waals surface area (Å²) in [6.07, 6.45) is 1.18. The third-order valence-corrected chi connectivity index (χ3v) is 3.56. The van der Waals surface area contributed by atoms with Gasteiger partial charge in [0.1, 0.15) is 0 Å². The van der Waals surface area contributed by atoms with Gasteiger partial charge in [0.05, 0.1) is 18.2 Å². The number of carbonyl (C=O) groups is 2. The Bertz CT molecular complexity index is 885. The minimum absolute atomic E-state index is 0.101. The molecule has 2 N–H and O–H groups in total. The largest absolute Gasteiger partial charge is 0.490 e. The summed E-state index contributed by atoms with van der Waals surface area (Å²) in [5.74, 6) is -1.78. The van der Waals surface area contributed by atoms with Crippen molar-refractivity contribution in [2.45, 2.75) is 0 Å². The van der Waals surface area contributed by atoms with Crippen LogP contribution in [-0.4, -0.2) is 30.1 Å². The Balaban J connectivity index is 1.99. The first-order valence-electron chi connectivity index (χ1n) is 7.13. The zero-order valence-electron chi connectivity index (χ0n) is 13.4. The van der Waals surface area contributed by atoms with Crippen molar-refractivity contribution >= 4 is 45.3 Å². The molecule has 26 heavy (non-hydrogen) atoms. The smallest absolute Gasteiger partial charge is 0.329 e. The van der Waals surface area contributed by atoms with Crippen LogP contribution < -0.4 is 15.5 Å². The van der Waals surface area contributed by atoms with Crippen LogP contribution in [0.25, 0.3) is 0 Å². The van der Waals surface area contributed by atoms with E-state index in [1.165, 1.54) is 31.5 Å². The van der Waals surface area contributed by atoms with E-state index in [0.29, 0.717) is 11.3 Å². The number of methoxy groups -OCH3 is 1. The maximum Gasteiger partial charge on any atom is 0.329 e. The molecule has 2 aromatic carbocycles. The number of amides is 2. The molecule has 0 aromatic heterocycles. The van der Waals surface area contributed by atoms with Crippen molar-refractivity contribution in [3.63, 3.8) is 0 Å². The van der Waals surface area contributed by atoms with Crippen LogP contribution in [0.3, 0.4) is 0 Å². The van der Waals surface area contributed by atoms with Crippen LogP contribution in [-0.2, 0) is 9.59 Å². The number of carbonyl (C=O) groups excluding carboxylic acids is 2. The second kappa shape index (κ2) is 8.72. The number of hydrogen-bond donors (Lipinski definition) is 2. The van der Waals surface area contributed by atoms with Gasteiger partial charge >= 0.3 is 17.5 Å². The lowest BCUT2D eigenvalue weighted by Crippen LogP contribution is -2.32. The van der Waals surface area contributed by atoms with Crippen molar-refractivity contribution in [2.24, 2.45) is 5.10 Å². The molecular formula is C16H13BrN4O5. The SMILES string of the molecule is COc1ccc(/C=N\NC(=O)C(=O)Nc2cccc(Br)c2)cc1[N+](=O)[O-]. The fourth-order valence-corrected chi connectivity index (χ4v) is 2.30. The van der Waals surface area contributed by atoms with Gasteiger partial charge in [-0.25, -0.2) is 5.43 Å². The molecule has 0 radical (unpaired) electrons. The number of halogens is 1. The highest BCUT2D eigenvalue weighted by molar-refractivity contribution is 9.10. The maximum absolute atomic E-state index is 11.8. The average Bonchev–Trinajstić information content (AvgIpc) is 2.61. The number of nitro benzene ring substituents is 1. The number of nitrogens with one attached hydrogen (secondary N) is 2. The maximum atomic E-state index is 11.8. The van der Waals surface area contributed by atoms with Gasteiger partial charge in [-0.15, -0.1) is 0 Å². The minimum atomic E-state index is -0.982. The number of ether oxygens (including phenoxy) is 1. The van der Waals surface area contributed by atoms with Gasteiger partial charge in [-0.3, -0.25) is 19.7 Å². The molecule has 0 aliphatic heterocycles. The molecule has 2 amide bonds. The molecule has 2 rings (SSSR count). The van der Waals surface area contributed by atoms with Gasteiger partial charge in [0.25, 0.3) is 0 Å². The second-order valence-corrected chi connectivity index (χ2v) is 5.77. The number of nitrogens with zero attached hydrogens (tertiary/aromatic N) is 2. The molecule has 2 aromatic rings. The summed E-state index contributed by atoms with van der Waals surface area (Å²) in [6.45, 7) is 0. The van der Waals surface area contributed by atoms with Crippen molar-refractivity contribution in [1.29, 1.82) is 0 Å². The molecule has 0 aliphatic carbocycles. The Morgan fingerprint density at radius 1 is 1.23 bits per heavy atom. The fraction of sp³-hybridized carbons (Fsp3) is 0.0625. The number of nitro groups is 1. The molecule has 134 valence electrons. The van der Waals surface area contributed by atoms with E-state index in [1.807, 2.05) is 5.43 Å². The number of benzene rings is 2. The van der Waals surface area contributed by atoms with E-state index in [9.17, 15) is 19.7 Å². The third-order valence-electron chi connectivity index (χ3n) is 3.07. The van der Waals surface area contributed by atoms with Gasteiger partial charge in [0.2, 0.25) is 0 Å². The first kappa shape index (κ1) is 19.1. The Kier molecular flexibility index (Phi) is 6.39. The molecule has 0 aliphatic rings. The number of rotatable bonds is 5. The Hall–Kier alpha value is -3.27. The molecule has 9 nitrogen and oxygen atoms in total.